The number of aliphatic carboxylic acids is 1. The van der Waals surface area contributed by atoms with E-state index in [0.717, 1.165) is 10.4 Å². The molecule has 1 atom stereocenters. The summed E-state index contributed by atoms with van der Waals surface area (Å²) < 4.78 is 105. The number of carbonyl (C=O) groups excluding carboxylic acids is 2. The fourth-order valence-electron chi connectivity index (χ4n) is 3.65. The van der Waals surface area contributed by atoms with Crippen molar-refractivity contribution in [3.05, 3.63) is 59.2 Å². The van der Waals surface area contributed by atoms with Gasteiger partial charge in [-0.15, -0.1) is 0 Å². The molecule has 6 N–H and O–H groups in total. The summed E-state index contributed by atoms with van der Waals surface area (Å²) in [5.74, 6) is -4.31. The molecule has 2 aromatic carbocycles. The van der Waals surface area contributed by atoms with Gasteiger partial charge in [-0.25, -0.2) is 13.2 Å². The first kappa shape index (κ1) is 36.0. The number of morpholine rings is 1. The Morgan fingerprint density at radius 3 is 2.05 bits per heavy atom. The Morgan fingerprint density at radius 2 is 1.57 bits per heavy atom. The lowest BCUT2D eigenvalue weighted by Crippen LogP contribution is -2.41. The third kappa shape index (κ3) is 10.2. The van der Waals surface area contributed by atoms with E-state index >= 15 is 0 Å². The second kappa shape index (κ2) is 14.5. The molecule has 1 fully saturated rings. The minimum absolute atomic E-state index is 0.0156. The van der Waals surface area contributed by atoms with E-state index in [1.165, 1.54) is 37.3 Å². The highest BCUT2D eigenvalue weighted by atomic mass is 32.2. The summed E-state index contributed by atoms with van der Waals surface area (Å²) in [4.78, 5) is 32.5. The normalized spacial score (nSPS) is 14.9. The Labute approximate surface area is 246 Å². The van der Waals surface area contributed by atoms with Gasteiger partial charge in [-0.05, 0) is 48.9 Å². The average Bonchev–Trinajstić information content (AvgIpc) is 2.92. The van der Waals surface area contributed by atoms with Gasteiger partial charge in [0.2, 0.25) is 21.8 Å². The summed E-state index contributed by atoms with van der Waals surface area (Å²) >= 11 is 0. The highest BCUT2D eigenvalue weighted by molar-refractivity contribution is 7.89. The third-order valence-corrected chi connectivity index (χ3v) is 7.77. The van der Waals surface area contributed by atoms with Gasteiger partial charge in [-0.1, -0.05) is 6.07 Å². The molecule has 1 aliphatic rings. The van der Waals surface area contributed by atoms with Crippen LogP contribution in [0.2, 0.25) is 0 Å². The molecular formula is C25H27F6N5O7S. The number of nitrogens with two attached hydrogens (primary N) is 1. The van der Waals surface area contributed by atoms with Gasteiger partial charge < -0.3 is 26.2 Å². The lowest BCUT2D eigenvalue weighted by molar-refractivity contribution is -0.192. The Bertz CT molecular complexity index is 1480. The SMILES string of the molecule is CC(NC(=O)CC(=O)Nc1ccc(C(=N)N)cc1)c1ccc(S(=O)(=O)N2CCOCC2)c(C(F)(F)F)c1.O=C(O)C(F)(F)F. The predicted molar refractivity (Wildman–Crippen MR) is 142 cm³/mol. The minimum Gasteiger partial charge on any atom is -0.475 e. The smallest absolute Gasteiger partial charge is 0.475 e. The lowest BCUT2D eigenvalue weighted by atomic mass is 10.0. The van der Waals surface area contributed by atoms with Crippen LogP contribution in [0.3, 0.4) is 0 Å². The number of carboxylic acid groups (broad SMARTS) is 1. The molecule has 0 saturated carbocycles. The molecular weight excluding hydrogens is 628 g/mol. The maximum Gasteiger partial charge on any atom is 0.490 e. The van der Waals surface area contributed by atoms with Crippen LogP contribution >= 0.6 is 0 Å². The molecule has 242 valence electrons. The number of anilines is 1. The Balaban J connectivity index is 0.000000860. The van der Waals surface area contributed by atoms with Crippen molar-refractivity contribution < 1.29 is 59.0 Å². The van der Waals surface area contributed by atoms with E-state index in [1.54, 1.807) is 0 Å². The standard InChI is InChI=1S/C23H26F3N5O5S.C2HF3O2/c1-14(29-20(32)13-21(33)30-17-5-2-15(3-6-17)22(27)28)16-4-7-19(18(12-16)23(24,25)26)37(34,35)31-8-10-36-11-9-31;3-2(4,5)1(6)7/h2-7,12,14H,8-11,13H2,1H3,(H3,27,28)(H,29,32)(H,30,33);(H,6,7). The highest BCUT2D eigenvalue weighted by Gasteiger charge is 2.40. The summed E-state index contributed by atoms with van der Waals surface area (Å²) in [5, 5.41) is 19.4. The van der Waals surface area contributed by atoms with Gasteiger partial charge in [0, 0.05) is 24.3 Å². The molecule has 1 aliphatic heterocycles. The molecule has 0 radical (unpaired) electrons. The van der Waals surface area contributed by atoms with Crippen LogP contribution in [0.25, 0.3) is 0 Å². The number of rotatable bonds is 8. The monoisotopic (exact) mass is 655 g/mol. The van der Waals surface area contributed by atoms with Crippen molar-refractivity contribution in [2.24, 2.45) is 5.73 Å². The first-order chi connectivity index (χ1) is 20.2. The van der Waals surface area contributed by atoms with Gasteiger partial charge in [0.05, 0.1) is 29.7 Å². The van der Waals surface area contributed by atoms with Crippen molar-refractivity contribution in [3.63, 3.8) is 0 Å². The van der Waals surface area contributed by atoms with Crippen LogP contribution in [0.5, 0.6) is 0 Å². The molecule has 0 aliphatic carbocycles. The molecule has 0 aromatic heterocycles. The molecule has 1 saturated heterocycles. The quantitative estimate of drug-likeness (QED) is 0.124. The number of amides is 2. The number of nitrogens with zero attached hydrogens (tertiary/aromatic N) is 1. The van der Waals surface area contributed by atoms with E-state index in [4.69, 9.17) is 25.8 Å². The summed E-state index contributed by atoms with van der Waals surface area (Å²) in [6.07, 6.45) is -10.7. The van der Waals surface area contributed by atoms with Crippen molar-refractivity contribution in [2.45, 2.75) is 36.6 Å². The number of hydrogen-bond acceptors (Lipinski definition) is 7. The van der Waals surface area contributed by atoms with Gasteiger partial charge in [-0.3, -0.25) is 15.0 Å². The molecule has 2 amide bonds. The zero-order valence-corrected chi connectivity index (χ0v) is 23.6. The van der Waals surface area contributed by atoms with Crippen LogP contribution in [0.4, 0.5) is 32.0 Å². The molecule has 1 heterocycles. The van der Waals surface area contributed by atoms with E-state index < -0.39 is 63.1 Å². The fourth-order valence-corrected chi connectivity index (χ4v) is 5.25. The zero-order valence-electron chi connectivity index (χ0n) is 22.8. The predicted octanol–water partition coefficient (Wildman–Crippen LogP) is 2.85. The van der Waals surface area contributed by atoms with Gasteiger partial charge in [0.25, 0.3) is 0 Å². The van der Waals surface area contributed by atoms with Crippen molar-refractivity contribution in [1.82, 2.24) is 9.62 Å². The van der Waals surface area contributed by atoms with Gasteiger partial charge in [0.15, 0.2) is 0 Å². The Hall–Kier alpha value is -4.23. The number of alkyl halides is 6. The van der Waals surface area contributed by atoms with Crippen molar-refractivity contribution in [1.29, 1.82) is 5.41 Å². The third-order valence-electron chi connectivity index (χ3n) is 5.82. The first-order valence-corrected chi connectivity index (χ1v) is 13.8. The molecule has 3 rings (SSSR count). The van der Waals surface area contributed by atoms with Crippen LogP contribution in [-0.4, -0.2) is 73.9 Å². The molecule has 19 heteroatoms. The Morgan fingerprint density at radius 1 is 1.02 bits per heavy atom. The van der Waals surface area contributed by atoms with Gasteiger partial charge in [-0.2, -0.15) is 30.6 Å². The highest BCUT2D eigenvalue weighted by Crippen LogP contribution is 2.37. The molecule has 12 nitrogen and oxygen atoms in total. The van der Waals surface area contributed by atoms with Crippen molar-refractivity contribution >= 4 is 39.3 Å². The van der Waals surface area contributed by atoms with Crippen molar-refractivity contribution in [2.75, 3.05) is 31.6 Å². The van der Waals surface area contributed by atoms with E-state index in [0.29, 0.717) is 17.3 Å². The second-order valence-corrected chi connectivity index (χ2v) is 11.0. The van der Waals surface area contributed by atoms with Crippen LogP contribution in [0, 0.1) is 5.41 Å². The van der Waals surface area contributed by atoms with E-state index in [9.17, 15) is 44.3 Å². The van der Waals surface area contributed by atoms with E-state index in [1.807, 2.05) is 0 Å². The van der Waals surface area contributed by atoms with Crippen molar-refractivity contribution in [3.8, 4) is 0 Å². The van der Waals surface area contributed by atoms with Crippen LogP contribution in [0.1, 0.15) is 36.1 Å². The number of sulfonamides is 1. The summed E-state index contributed by atoms with van der Waals surface area (Å²) in [5.41, 5.74) is 4.85. The maximum atomic E-state index is 13.8. The first-order valence-electron chi connectivity index (χ1n) is 12.4. The molecule has 1 unspecified atom stereocenters. The fraction of sp³-hybridized carbons (Fsp3) is 0.360. The minimum atomic E-state index is -5.08. The molecule has 0 bridgehead atoms. The number of carboxylic acids is 1. The topological polar surface area (TPSA) is 192 Å². The lowest BCUT2D eigenvalue weighted by Gasteiger charge is -2.27. The molecule has 0 spiro atoms. The maximum absolute atomic E-state index is 13.8. The largest absolute Gasteiger partial charge is 0.490 e. The number of hydrogen-bond donors (Lipinski definition) is 5. The van der Waals surface area contributed by atoms with E-state index in [2.05, 4.69) is 10.6 Å². The zero-order chi connectivity index (χ0) is 33.5. The van der Waals surface area contributed by atoms with E-state index in [-0.39, 0.29) is 37.7 Å². The second-order valence-electron chi connectivity index (χ2n) is 9.08. The van der Waals surface area contributed by atoms with Gasteiger partial charge in [0.1, 0.15) is 12.3 Å². The molecule has 2 aromatic rings. The summed E-state index contributed by atoms with van der Waals surface area (Å²) in [7, 11) is -4.42. The number of nitrogens with one attached hydrogen (secondary N) is 3. The number of carbonyl (C=O) groups is 3. The van der Waals surface area contributed by atoms with Crippen LogP contribution in [0.15, 0.2) is 47.4 Å². The van der Waals surface area contributed by atoms with Crippen LogP contribution < -0.4 is 16.4 Å². The molecule has 44 heavy (non-hydrogen) atoms. The summed E-state index contributed by atoms with van der Waals surface area (Å²) in [6.45, 7) is 1.47. The number of halogens is 6. The number of amidine groups is 1. The van der Waals surface area contributed by atoms with Crippen LogP contribution in [-0.2, 0) is 35.3 Å². The number of nitrogen functional groups attached to an aromatic ring is 1. The Kier molecular flexibility index (Phi) is 11.8. The summed E-state index contributed by atoms with van der Waals surface area (Å²) in [6, 6.07) is 7.85. The number of ether oxygens (including phenoxy) is 1. The average molecular weight is 656 g/mol. The van der Waals surface area contributed by atoms with Gasteiger partial charge >= 0.3 is 18.3 Å². The number of benzene rings is 2.